The molecule has 65 heavy (non-hydrogen) atoms. The third-order valence-electron chi connectivity index (χ3n) is 11.0. The summed E-state index contributed by atoms with van der Waals surface area (Å²) in [6, 6.07) is 35.9. The van der Waals surface area contributed by atoms with E-state index < -0.39 is 23.9 Å². The van der Waals surface area contributed by atoms with Crippen molar-refractivity contribution >= 4 is 70.2 Å². The first kappa shape index (κ1) is 43.5. The quantitative estimate of drug-likeness (QED) is 0.0808. The fourth-order valence-electron chi connectivity index (χ4n) is 7.83. The second kappa shape index (κ2) is 18.3. The molecule has 9 rings (SSSR count). The molecule has 0 N–H and O–H groups in total. The summed E-state index contributed by atoms with van der Waals surface area (Å²) in [4.78, 5) is 70.9. The Hall–Kier alpha value is -8.12. The summed E-state index contributed by atoms with van der Waals surface area (Å²) in [5, 5.41) is 0. The number of rotatable bonds is 8. The van der Waals surface area contributed by atoms with E-state index >= 15 is 0 Å². The van der Waals surface area contributed by atoms with E-state index in [4.69, 9.17) is 38.9 Å². The van der Waals surface area contributed by atoms with E-state index in [1.807, 2.05) is 97.1 Å². The third-order valence-corrected chi connectivity index (χ3v) is 11.0. The van der Waals surface area contributed by atoms with Crippen molar-refractivity contribution in [2.45, 2.75) is 0 Å². The van der Waals surface area contributed by atoms with Gasteiger partial charge in [-0.25, -0.2) is 29.1 Å². The molecule has 0 atom stereocenters. The van der Waals surface area contributed by atoms with Crippen LogP contribution in [0, 0.1) is 0 Å². The Kier molecular flexibility index (Phi) is 12.3. The number of hydrogen-bond acceptors (Lipinski definition) is 10. The van der Waals surface area contributed by atoms with Gasteiger partial charge >= 0.3 is 40.9 Å². The maximum Gasteiger partial charge on any atom is 2.00 e. The van der Waals surface area contributed by atoms with Crippen molar-refractivity contribution in [3.63, 3.8) is 0 Å². The van der Waals surface area contributed by atoms with Crippen molar-refractivity contribution in [2.75, 3.05) is 28.4 Å². The maximum atomic E-state index is 12.5. The molecule has 12 nitrogen and oxygen atoms in total. The van der Waals surface area contributed by atoms with Gasteiger partial charge in [0, 0.05) is 0 Å². The summed E-state index contributed by atoms with van der Waals surface area (Å²) in [6.45, 7) is 0. The van der Waals surface area contributed by atoms with E-state index in [-0.39, 0.29) is 17.1 Å². The number of carbonyl (C=O) groups is 4. The summed E-state index contributed by atoms with van der Waals surface area (Å²) < 4.78 is 19.9. The zero-order valence-corrected chi connectivity index (χ0v) is 36.2. The van der Waals surface area contributed by atoms with E-state index in [0.29, 0.717) is 89.4 Å². The predicted octanol–water partition coefficient (Wildman–Crippen LogP) is 9.73. The number of aromatic nitrogens is 4. The maximum absolute atomic E-state index is 12.5. The van der Waals surface area contributed by atoms with Crippen LogP contribution in [0.1, 0.15) is 64.2 Å². The van der Waals surface area contributed by atoms with Gasteiger partial charge < -0.3 is 28.9 Å². The first-order chi connectivity index (χ1) is 31.2. The summed E-state index contributed by atoms with van der Waals surface area (Å²) >= 11 is 0. The Labute approximate surface area is 383 Å². The number of methoxy groups -OCH3 is 4. The molecule has 0 unspecified atom stereocenters. The summed E-state index contributed by atoms with van der Waals surface area (Å²) in [6.07, 6.45) is 7.66. The van der Waals surface area contributed by atoms with Crippen LogP contribution in [-0.2, 0) is 36.0 Å². The molecule has 0 saturated heterocycles. The Morgan fingerprint density at radius 1 is 0.338 bits per heavy atom. The minimum Gasteiger partial charge on any atom is -0.657 e. The fourth-order valence-corrected chi connectivity index (χ4v) is 7.83. The molecule has 0 aliphatic carbocycles. The van der Waals surface area contributed by atoms with Crippen molar-refractivity contribution < 1.29 is 55.2 Å². The normalized spacial score (nSPS) is 11.4. The van der Waals surface area contributed by atoms with Gasteiger partial charge in [-0.3, -0.25) is 0 Å². The van der Waals surface area contributed by atoms with Gasteiger partial charge in [-0.05, 0) is 117 Å². The number of fused-ring (bicyclic) bond motifs is 8. The molecule has 3 aromatic heterocycles. The molecule has 13 heteroatoms. The summed E-state index contributed by atoms with van der Waals surface area (Å²) in [5.74, 6) is -1.86. The van der Waals surface area contributed by atoms with Gasteiger partial charge in [0.1, 0.15) is 0 Å². The number of esters is 4. The summed E-state index contributed by atoms with van der Waals surface area (Å²) in [5.41, 5.74) is 12.1. The van der Waals surface area contributed by atoms with Crippen LogP contribution < -0.4 is 9.97 Å². The van der Waals surface area contributed by atoms with Gasteiger partial charge in [0.15, 0.2) is 0 Å². The molecule has 0 saturated carbocycles. The van der Waals surface area contributed by atoms with Gasteiger partial charge in [0.2, 0.25) is 0 Å². The van der Waals surface area contributed by atoms with E-state index in [1.165, 1.54) is 28.4 Å². The van der Waals surface area contributed by atoms with Crippen molar-refractivity contribution in [3.05, 3.63) is 166 Å². The van der Waals surface area contributed by atoms with Crippen LogP contribution in [-0.4, -0.2) is 62.3 Å². The van der Waals surface area contributed by atoms with Gasteiger partial charge in [-0.15, -0.1) is 22.1 Å². The minimum atomic E-state index is -0.464. The molecule has 4 aromatic carbocycles. The van der Waals surface area contributed by atoms with Crippen molar-refractivity contribution in [3.8, 4) is 44.5 Å². The van der Waals surface area contributed by atoms with Gasteiger partial charge in [0.25, 0.3) is 0 Å². The van der Waals surface area contributed by atoms with Crippen LogP contribution in [0.25, 0.3) is 90.9 Å². The Bertz CT molecular complexity index is 2830. The van der Waals surface area contributed by atoms with Crippen LogP contribution in [0.3, 0.4) is 0 Å². The van der Waals surface area contributed by atoms with Crippen LogP contribution in [0.2, 0.25) is 0 Å². The van der Waals surface area contributed by atoms with E-state index in [2.05, 4.69) is 0 Å². The van der Waals surface area contributed by atoms with Crippen molar-refractivity contribution in [1.82, 2.24) is 19.9 Å². The Morgan fingerprint density at radius 3 is 0.723 bits per heavy atom. The van der Waals surface area contributed by atoms with Crippen molar-refractivity contribution in [1.29, 1.82) is 0 Å². The molecule has 0 amide bonds. The molecule has 7 aromatic rings. The van der Waals surface area contributed by atoms with E-state index in [9.17, 15) is 19.2 Å². The first-order valence-electron chi connectivity index (χ1n) is 20.0. The number of hydrogen-bond donors (Lipinski definition) is 0. The first-order valence-corrected chi connectivity index (χ1v) is 20.0. The van der Waals surface area contributed by atoms with Crippen LogP contribution in [0.15, 0.2) is 121 Å². The SMILES string of the molecule is COC(=O)c1ccc(-c2c3nc(c(-c4ccc(C(=O)OC)cc4)c4ccc([n-]4)c(-c4ccc(C(=O)OC)cc4)c4nc(c(-c5ccc(C(=O)OC)cc5)c5ccc2[n-]5)C=C4)C=C3)cc1.[Cu+2]. The van der Waals surface area contributed by atoms with Gasteiger partial charge in [0.05, 0.1) is 73.5 Å². The second-order valence-electron chi connectivity index (χ2n) is 14.6. The smallest absolute Gasteiger partial charge is 0.657 e. The number of carbonyl (C=O) groups excluding carboxylic acids is 4. The molecular weight excluding hydrogens is 872 g/mol. The van der Waals surface area contributed by atoms with Crippen LogP contribution in [0.5, 0.6) is 0 Å². The Morgan fingerprint density at radius 2 is 0.538 bits per heavy atom. The standard InChI is InChI=1S/C52H37N4O8.Cu/c1-61-49(57)33-13-5-29(6-14-33)45-37-21-23-39(53-37)46(30-7-15-34(16-8-30)50(58)62-2)41-25-27-43(55-41)48(32-11-19-36(20-12-32)52(60)64-4)44-28-26-42(56-44)47(40-24-22-38(45)54-40)31-9-17-35(18-10-31)51(59)63-3;/h5-28H,1-4H3,(H-,53,54,55,56,57,58,59,60);/q-1;+2/p-1. The molecule has 8 bridgehead atoms. The minimum absolute atomic E-state index is 0. The monoisotopic (exact) mass is 907 g/mol. The van der Waals surface area contributed by atoms with Crippen LogP contribution in [0.4, 0.5) is 0 Å². The van der Waals surface area contributed by atoms with E-state index in [1.54, 1.807) is 48.5 Å². The zero-order chi connectivity index (χ0) is 44.5. The molecule has 5 heterocycles. The Balaban J connectivity index is 0.00000576. The van der Waals surface area contributed by atoms with Crippen molar-refractivity contribution in [2.24, 2.45) is 0 Å². The van der Waals surface area contributed by atoms with Crippen LogP contribution >= 0.6 is 0 Å². The average molecular weight is 908 g/mol. The van der Waals surface area contributed by atoms with Gasteiger partial charge in [-0.2, -0.15) is 0 Å². The molecule has 2 aliphatic rings. The molecule has 0 fully saturated rings. The average Bonchev–Trinajstić information content (AvgIpc) is 4.20. The second-order valence-corrected chi connectivity index (χ2v) is 14.6. The fraction of sp³-hybridized carbons (Fsp3) is 0.0769. The predicted molar refractivity (Wildman–Crippen MR) is 244 cm³/mol. The zero-order valence-electron chi connectivity index (χ0n) is 35.2. The largest absolute Gasteiger partial charge is 2.00 e. The number of nitrogens with zero attached hydrogens (tertiary/aromatic N) is 4. The van der Waals surface area contributed by atoms with Gasteiger partial charge in [-0.1, -0.05) is 72.8 Å². The molecule has 2 aliphatic heterocycles. The third kappa shape index (κ3) is 8.29. The summed E-state index contributed by atoms with van der Waals surface area (Å²) in [7, 11) is 5.35. The number of ether oxygens (including phenoxy) is 4. The molecule has 323 valence electrons. The van der Waals surface area contributed by atoms with E-state index in [0.717, 1.165) is 22.3 Å². The molecule has 0 spiro atoms. The topological polar surface area (TPSA) is 159 Å². The molecule has 1 radical (unpaired) electrons. The number of benzene rings is 4. The molecular formula is C52H36CuN4O8.